The fraction of sp³-hybridized carbons (Fsp3) is 0.133. The smallest absolute Gasteiger partial charge is 0.404 e. The van der Waals surface area contributed by atoms with Crippen molar-refractivity contribution in [2.24, 2.45) is 5.73 Å². The van der Waals surface area contributed by atoms with E-state index in [1.165, 1.54) is 5.56 Å². The first-order chi connectivity index (χ1) is 9.22. The number of nitrogens with one attached hydrogen (secondary N) is 1. The van der Waals surface area contributed by atoms with Crippen molar-refractivity contribution in [2.45, 2.75) is 13.1 Å². The third-order valence-corrected chi connectivity index (χ3v) is 2.37. The summed E-state index contributed by atoms with van der Waals surface area (Å²) in [7, 11) is 0. The van der Waals surface area contributed by atoms with Crippen molar-refractivity contribution >= 4 is 6.09 Å². The zero-order valence-corrected chi connectivity index (χ0v) is 10.6. The van der Waals surface area contributed by atoms with Crippen LogP contribution in [0.2, 0.25) is 0 Å². The summed E-state index contributed by atoms with van der Waals surface area (Å²) < 4.78 is 0. The zero-order valence-electron chi connectivity index (χ0n) is 10.6. The van der Waals surface area contributed by atoms with Crippen LogP contribution in [0.3, 0.4) is 0 Å². The predicted octanol–water partition coefficient (Wildman–Crippen LogP) is 2.60. The van der Waals surface area contributed by atoms with Crippen LogP contribution in [0.5, 0.6) is 0 Å². The molecule has 0 atom stereocenters. The molecule has 0 saturated carbocycles. The molecule has 100 valence electrons. The lowest BCUT2D eigenvalue weighted by molar-refractivity contribution is 0.194. The second-order valence-corrected chi connectivity index (χ2v) is 3.83. The Morgan fingerprint density at radius 1 is 0.947 bits per heavy atom. The van der Waals surface area contributed by atoms with E-state index in [2.05, 4.69) is 5.32 Å². The topological polar surface area (TPSA) is 75.4 Å². The van der Waals surface area contributed by atoms with Gasteiger partial charge in [-0.3, -0.25) is 0 Å². The molecular weight excluding hydrogens is 240 g/mol. The molecule has 0 spiro atoms. The summed E-state index contributed by atoms with van der Waals surface area (Å²) >= 11 is 0. The lowest BCUT2D eigenvalue weighted by Gasteiger charge is -1.98. The van der Waals surface area contributed by atoms with E-state index >= 15 is 0 Å². The van der Waals surface area contributed by atoms with E-state index in [4.69, 9.17) is 10.8 Å². The minimum Gasteiger partial charge on any atom is -0.465 e. The zero-order chi connectivity index (χ0) is 13.9. The van der Waals surface area contributed by atoms with Gasteiger partial charge in [0, 0.05) is 13.1 Å². The maximum absolute atomic E-state index is 10.1. The standard InChI is InChI=1S/C8H9NO2.C7H9N/c10-8(11)9-6-7-4-2-1-3-5-7;8-6-7-4-2-1-3-5-7/h1-5,9H,6H2,(H,10,11);1-5H,6,8H2. The molecule has 2 aromatic rings. The first-order valence-corrected chi connectivity index (χ1v) is 5.97. The lowest BCUT2D eigenvalue weighted by Crippen LogP contribution is -2.19. The molecular formula is C15H18N2O2. The summed E-state index contributed by atoms with van der Waals surface area (Å²) in [6, 6.07) is 19.4. The predicted molar refractivity (Wildman–Crippen MR) is 75.6 cm³/mol. The number of amides is 1. The van der Waals surface area contributed by atoms with Crippen LogP contribution in [0.15, 0.2) is 60.7 Å². The number of rotatable bonds is 3. The van der Waals surface area contributed by atoms with Crippen molar-refractivity contribution in [3.8, 4) is 0 Å². The number of benzene rings is 2. The van der Waals surface area contributed by atoms with Crippen molar-refractivity contribution in [1.82, 2.24) is 5.32 Å². The Balaban J connectivity index is 0.000000200. The monoisotopic (exact) mass is 258 g/mol. The summed E-state index contributed by atoms with van der Waals surface area (Å²) in [5.74, 6) is 0. The van der Waals surface area contributed by atoms with Crippen molar-refractivity contribution in [3.63, 3.8) is 0 Å². The van der Waals surface area contributed by atoms with E-state index in [-0.39, 0.29) is 0 Å². The van der Waals surface area contributed by atoms with Crippen molar-refractivity contribution in [1.29, 1.82) is 0 Å². The summed E-state index contributed by atoms with van der Waals surface area (Å²) in [5, 5.41) is 10.5. The molecule has 19 heavy (non-hydrogen) atoms. The van der Waals surface area contributed by atoms with Gasteiger partial charge in [-0.25, -0.2) is 4.79 Å². The van der Waals surface area contributed by atoms with Gasteiger partial charge in [-0.1, -0.05) is 60.7 Å². The number of nitrogens with two attached hydrogens (primary N) is 1. The Hall–Kier alpha value is -2.33. The van der Waals surface area contributed by atoms with E-state index in [0.717, 1.165) is 5.56 Å². The fourth-order valence-electron chi connectivity index (χ4n) is 1.39. The SMILES string of the molecule is NCc1ccccc1.O=C(O)NCc1ccccc1. The van der Waals surface area contributed by atoms with Gasteiger partial charge in [-0.15, -0.1) is 0 Å². The molecule has 0 aliphatic rings. The quantitative estimate of drug-likeness (QED) is 0.792. The second kappa shape index (κ2) is 8.72. The largest absolute Gasteiger partial charge is 0.465 e. The van der Waals surface area contributed by atoms with E-state index in [1.807, 2.05) is 60.7 Å². The van der Waals surface area contributed by atoms with Crippen LogP contribution in [-0.2, 0) is 13.1 Å². The van der Waals surface area contributed by atoms with E-state index < -0.39 is 6.09 Å². The van der Waals surface area contributed by atoms with Gasteiger partial charge in [0.05, 0.1) is 0 Å². The molecule has 4 N–H and O–H groups in total. The molecule has 4 nitrogen and oxygen atoms in total. The van der Waals surface area contributed by atoms with Crippen molar-refractivity contribution in [3.05, 3.63) is 71.8 Å². The molecule has 0 aliphatic carbocycles. The van der Waals surface area contributed by atoms with E-state index in [1.54, 1.807) is 0 Å². The average Bonchev–Trinajstić information content (AvgIpc) is 2.48. The third-order valence-electron chi connectivity index (χ3n) is 2.37. The van der Waals surface area contributed by atoms with Crippen LogP contribution < -0.4 is 11.1 Å². The highest BCUT2D eigenvalue weighted by Gasteiger charge is 1.93. The average molecular weight is 258 g/mol. The Kier molecular flexibility index (Phi) is 6.76. The number of hydrogen-bond donors (Lipinski definition) is 3. The molecule has 2 aromatic carbocycles. The lowest BCUT2D eigenvalue weighted by atomic mass is 10.2. The molecule has 0 heterocycles. The van der Waals surface area contributed by atoms with Gasteiger partial charge >= 0.3 is 6.09 Å². The van der Waals surface area contributed by atoms with Gasteiger partial charge in [-0.05, 0) is 11.1 Å². The molecule has 0 unspecified atom stereocenters. The summed E-state index contributed by atoms with van der Waals surface area (Å²) in [6.45, 7) is 1.01. The van der Waals surface area contributed by atoms with Crippen molar-refractivity contribution in [2.75, 3.05) is 0 Å². The summed E-state index contributed by atoms with van der Waals surface area (Å²) in [4.78, 5) is 10.1. The fourth-order valence-corrected chi connectivity index (χ4v) is 1.39. The van der Waals surface area contributed by atoms with Gasteiger partial charge < -0.3 is 16.2 Å². The Bertz CT molecular complexity index is 472. The molecule has 0 radical (unpaired) electrons. The Morgan fingerprint density at radius 3 is 1.79 bits per heavy atom. The van der Waals surface area contributed by atoms with E-state index in [9.17, 15) is 4.79 Å². The maximum atomic E-state index is 10.1. The van der Waals surface area contributed by atoms with Gasteiger partial charge in [0.1, 0.15) is 0 Å². The highest BCUT2D eigenvalue weighted by Crippen LogP contribution is 1.96. The van der Waals surface area contributed by atoms with Crippen LogP contribution in [-0.4, -0.2) is 11.2 Å². The molecule has 1 amide bonds. The summed E-state index contributed by atoms with van der Waals surface area (Å²) in [6.07, 6.45) is -0.992. The minimum absolute atomic E-state index is 0.371. The van der Waals surface area contributed by atoms with E-state index in [0.29, 0.717) is 13.1 Å². The molecule has 2 rings (SSSR count). The maximum Gasteiger partial charge on any atom is 0.404 e. The highest BCUT2D eigenvalue weighted by atomic mass is 16.4. The molecule has 4 heteroatoms. The molecule has 0 bridgehead atoms. The number of hydrogen-bond acceptors (Lipinski definition) is 2. The number of carboxylic acid groups (broad SMARTS) is 1. The minimum atomic E-state index is -0.992. The van der Waals surface area contributed by atoms with Crippen molar-refractivity contribution < 1.29 is 9.90 Å². The van der Waals surface area contributed by atoms with Gasteiger partial charge in [0.15, 0.2) is 0 Å². The van der Waals surface area contributed by atoms with Crippen LogP contribution in [0.4, 0.5) is 4.79 Å². The normalized spacial score (nSPS) is 9.11. The van der Waals surface area contributed by atoms with Crippen LogP contribution in [0.25, 0.3) is 0 Å². The first kappa shape index (κ1) is 14.7. The number of carbonyl (C=O) groups is 1. The van der Waals surface area contributed by atoms with Crippen LogP contribution in [0.1, 0.15) is 11.1 Å². The van der Waals surface area contributed by atoms with Crippen LogP contribution >= 0.6 is 0 Å². The Morgan fingerprint density at radius 2 is 1.42 bits per heavy atom. The first-order valence-electron chi connectivity index (χ1n) is 5.97. The molecule has 0 aromatic heterocycles. The van der Waals surface area contributed by atoms with Gasteiger partial charge in [-0.2, -0.15) is 0 Å². The van der Waals surface area contributed by atoms with Crippen LogP contribution in [0, 0.1) is 0 Å². The van der Waals surface area contributed by atoms with Gasteiger partial charge in [0.2, 0.25) is 0 Å². The molecule has 0 fully saturated rings. The summed E-state index contributed by atoms with van der Waals surface area (Å²) in [5.41, 5.74) is 7.50. The molecule has 0 saturated heterocycles. The van der Waals surface area contributed by atoms with Gasteiger partial charge in [0.25, 0.3) is 0 Å². The molecule has 0 aliphatic heterocycles. The Labute approximate surface area is 112 Å². The second-order valence-electron chi connectivity index (χ2n) is 3.83. The highest BCUT2D eigenvalue weighted by molar-refractivity contribution is 5.64. The third kappa shape index (κ3) is 6.85.